The number of fused-ring (bicyclic) bond motifs is 8. The van der Waals surface area contributed by atoms with E-state index in [0.717, 1.165) is 0 Å². The summed E-state index contributed by atoms with van der Waals surface area (Å²) in [5.41, 5.74) is 13.0. The van der Waals surface area contributed by atoms with Crippen LogP contribution in [0.15, 0.2) is 120 Å². The molecule has 0 aromatic heterocycles. The van der Waals surface area contributed by atoms with Gasteiger partial charge >= 0.3 is 0 Å². The second-order valence-corrected chi connectivity index (χ2v) is 27.9. The lowest BCUT2D eigenvalue weighted by Crippen LogP contribution is -2.44. The van der Waals surface area contributed by atoms with Crippen LogP contribution < -0.4 is 0 Å². The van der Waals surface area contributed by atoms with Crippen molar-refractivity contribution in [1.82, 2.24) is 0 Å². The molecule has 9 rings (SSSR count). The molecule has 0 fully saturated rings. The lowest BCUT2D eigenvalue weighted by molar-refractivity contribution is 0.720. The van der Waals surface area contributed by atoms with E-state index in [9.17, 15) is 0 Å². The van der Waals surface area contributed by atoms with E-state index >= 15 is 0 Å². The van der Waals surface area contributed by atoms with Gasteiger partial charge < -0.3 is 0 Å². The highest BCUT2D eigenvalue weighted by atomic mass is 28.3. The molecule has 0 spiro atoms. The molecular weight excluding hydrogens is 681 g/mol. The Morgan fingerprint density at radius 3 is 1.02 bits per heavy atom. The summed E-state index contributed by atoms with van der Waals surface area (Å²) in [6.07, 6.45) is 17.6. The smallest absolute Gasteiger partial charge is 0.120 e. The SMILES string of the molecule is CC(C)[Si](C#Cc1c2cc3ccccc3cc2c(C#C[Si](C2=CC3C=CC2C3)(C(C)C)C(C)C)c2cc3ccccc3cc12)(C1=CC2C=CC1C2)C(C)C. The molecule has 54 heavy (non-hydrogen) atoms. The van der Waals surface area contributed by atoms with Crippen molar-refractivity contribution in [3.63, 3.8) is 0 Å². The minimum absolute atomic E-state index is 0.522. The predicted octanol–water partition coefficient (Wildman–Crippen LogP) is 14.0. The summed E-state index contributed by atoms with van der Waals surface area (Å²) < 4.78 is 0. The van der Waals surface area contributed by atoms with Crippen molar-refractivity contribution < 1.29 is 0 Å². The quantitative estimate of drug-likeness (QED) is 0.0705. The van der Waals surface area contributed by atoms with Crippen LogP contribution in [-0.4, -0.2) is 16.1 Å². The standard InChI is InChI=1S/C52H54Si2/c1-33(2)53(34(3)4,51-27-37-17-19-43(51)25-37)23-21-45-47-29-39-13-9-11-15-41(39)31-49(47)46(50-32-42-16-12-10-14-40(42)30-48(45)50)22-24-54(35(5)6,36(7)8)52-28-38-18-20-44(52)26-38/h9-20,27-38,43-44H,25-26H2,1-8H3. The Morgan fingerprint density at radius 1 is 0.463 bits per heavy atom. The predicted molar refractivity (Wildman–Crippen MR) is 240 cm³/mol. The maximum Gasteiger partial charge on any atom is 0.170 e. The van der Waals surface area contributed by atoms with Gasteiger partial charge in [0.15, 0.2) is 16.1 Å². The fourth-order valence-corrected chi connectivity index (χ4v) is 21.4. The molecule has 5 aromatic carbocycles. The molecule has 4 bridgehead atoms. The van der Waals surface area contributed by atoms with Crippen LogP contribution in [0.25, 0.3) is 43.1 Å². The summed E-state index contributed by atoms with van der Waals surface area (Å²) in [4.78, 5) is 0. The average molecular weight is 735 g/mol. The minimum atomic E-state index is -2.22. The van der Waals surface area contributed by atoms with Crippen LogP contribution in [0, 0.1) is 46.6 Å². The van der Waals surface area contributed by atoms with Crippen molar-refractivity contribution in [2.45, 2.75) is 90.4 Å². The molecule has 0 saturated heterocycles. The number of hydrogen-bond acceptors (Lipinski definition) is 0. The molecule has 2 heteroatoms. The van der Waals surface area contributed by atoms with Crippen molar-refractivity contribution in [2.75, 3.05) is 0 Å². The molecule has 0 amide bonds. The average Bonchev–Trinajstić information content (AvgIpc) is 3.98. The van der Waals surface area contributed by atoms with Gasteiger partial charge in [0, 0.05) is 11.1 Å². The summed E-state index contributed by atoms with van der Waals surface area (Å²) in [5, 5.41) is 13.4. The van der Waals surface area contributed by atoms with E-state index in [1.807, 2.05) is 0 Å². The summed E-state index contributed by atoms with van der Waals surface area (Å²) >= 11 is 0. The van der Waals surface area contributed by atoms with Gasteiger partial charge in [-0.05, 0) is 126 Å². The molecule has 0 nitrogen and oxygen atoms in total. The molecule has 0 aliphatic heterocycles. The summed E-state index contributed by atoms with van der Waals surface area (Å²) in [6, 6.07) is 27.5. The van der Waals surface area contributed by atoms with E-state index in [2.05, 4.69) is 188 Å². The van der Waals surface area contributed by atoms with E-state index in [4.69, 9.17) is 0 Å². The molecular formula is C52H54Si2. The van der Waals surface area contributed by atoms with Gasteiger partial charge in [-0.25, -0.2) is 0 Å². The Morgan fingerprint density at radius 2 is 0.778 bits per heavy atom. The van der Waals surface area contributed by atoms with Gasteiger partial charge in [0.25, 0.3) is 0 Å². The van der Waals surface area contributed by atoms with Crippen LogP contribution >= 0.6 is 0 Å². The zero-order valence-corrected chi connectivity index (χ0v) is 35.4. The first-order valence-corrected chi connectivity index (χ1v) is 25.0. The summed E-state index contributed by atoms with van der Waals surface area (Å²) in [7, 11) is -4.44. The van der Waals surface area contributed by atoms with Gasteiger partial charge in [-0.2, -0.15) is 0 Å². The fraction of sp³-hybridized carbons (Fsp3) is 0.346. The van der Waals surface area contributed by atoms with Gasteiger partial charge in [-0.1, -0.05) is 163 Å². The minimum Gasteiger partial charge on any atom is -0.120 e. The Bertz CT molecular complexity index is 2320. The summed E-state index contributed by atoms with van der Waals surface area (Å²) in [6.45, 7) is 19.6. The zero-order chi connectivity index (χ0) is 37.5. The molecule has 270 valence electrons. The van der Waals surface area contributed by atoms with Crippen molar-refractivity contribution in [2.24, 2.45) is 23.7 Å². The molecule has 4 atom stereocenters. The molecule has 0 radical (unpaired) electrons. The number of benzene rings is 5. The third-order valence-electron chi connectivity index (χ3n) is 14.1. The summed E-state index contributed by atoms with van der Waals surface area (Å²) in [5.74, 6) is 10.5. The zero-order valence-electron chi connectivity index (χ0n) is 33.4. The van der Waals surface area contributed by atoms with Crippen LogP contribution in [0.5, 0.6) is 0 Å². The third-order valence-corrected chi connectivity index (χ3v) is 25.4. The van der Waals surface area contributed by atoms with Crippen LogP contribution in [-0.2, 0) is 0 Å². The van der Waals surface area contributed by atoms with Crippen molar-refractivity contribution in [1.29, 1.82) is 0 Å². The Hall–Kier alpha value is -4.35. The van der Waals surface area contributed by atoms with E-state index in [-0.39, 0.29) is 0 Å². The molecule has 5 aromatic rings. The van der Waals surface area contributed by atoms with Crippen LogP contribution in [0.2, 0.25) is 22.2 Å². The molecule has 4 aliphatic rings. The molecule has 0 N–H and O–H groups in total. The maximum atomic E-state index is 4.26. The van der Waals surface area contributed by atoms with Gasteiger partial charge in [0.2, 0.25) is 0 Å². The van der Waals surface area contributed by atoms with Crippen molar-refractivity contribution in [3.05, 3.63) is 131 Å². The normalized spacial score (nSPS) is 21.6. The Kier molecular flexibility index (Phi) is 8.61. The van der Waals surface area contributed by atoms with Crippen LogP contribution in [0.4, 0.5) is 0 Å². The second-order valence-electron chi connectivity index (χ2n) is 18.1. The Labute approximate surface area is 325 Å². The van der Waals surface area contributed by atoms with E-state index in [0.29, 0.717) is 45.8 Å². The first-order valence-electron chi connectivity index (χ1n) is 20.7. The first kappa shape index (κ1) is 35.4. The fourth-order valence-electron chi connectivity index (χ4n) is 11.3. The van der Waals surface area contributed by atoms with E-state index < -0.39 is 16.1 Å². The molecule has 0 heterocycles. The third kappa shape index (κ3) is 5.32. The van der Waals surface area contributed by atoms with Gasteiger partial charge in [0.05, 0.1) is 0 Å². The molecule has 4 aliphatic carbocycles. The van der Waals surface area contributed by atoms with Crippen molar-refractivity contribution in [3.8, 4) is 22.9 Å². The molecule has 4 unspecified atom stereocenters. The van der Waals surface area contributed by atoms with Crippen LogP contribution in [0.1, 0.15) is 79.4 Å². The van der Waals surface area contributed by atoms with Crippen LogP contribution in [0.3, 0.4) is 0 Å². The number of rotatable bonds is 6. The van der Waals surface area contributed by atoms with E-state index in [1.54, 1.807) is 10.4 Å². The monoisotopic (exact) mass is 734 g/mol. The van der Waals surface area contributed by atoms with E-state index in [1.165, 1.54) is 67.1 Å². The highest BCUT2D eigenvalue weighted by Crippen LogP contribution is 2.51. The largest absolute Gasteiger partial charge is 0.170 e. The lowest BCUT2D eigenvalue weighted by atomic mass is 9.89. The number of allylic oxidation sites excluding steroid dienone is 8. The van der Waals surface area contributed by atoms with Crippen molar-refractivity contribution >= 4 is 59.2 Å². The first-order chi connectivity index (χ1) is 26.0. The second kappa shape index (κ2) is 13.2. The van der Waals surface area contributed by atoms with Gasteiger partial charge in [0.1, 0.15) is 0 Å². The van der Waals surface area contributed by atoms with Gasteiger partial charge in [-0.3, -0.25) is 0 Å². The number of hydrogen-bond donors (Lipinski definition) is 0. The highest BCUT2D eigenvalue weighted by Gasteiger charge is 2.49. The lowest BCUT2D eigenvalue weighted by Gasteiger charge is -2.38. The highest BCUT2D eigenvalue weighted by molar-refractivity contribution is 6.96. The molecule has 0 saturated carbocycles. The van der Waals surface area contributed by atoms with Gasteiger partial charge in [-0.15, -0.1) is 11.1 Å². The topological polar surface area (TPSA) is 0 Å². The Balaban J connectivity index is 1.38. The maximum absolute atomic E-state index is 4.26.